The van der Waals surface area contributed by atoms with Crippen molar-refractivity contribution in [1.82, 2.24) is 5.32 Å². The molecule has 1 atom stereocenters. The number of benzene rings is 1. The second-order valence-corrected chi connectivity index (χ2v) is 3.49. The molecule has 3 N–H and O–H groups in total. The molecule has 0 saturated carbocycles. The molecule has 1 rings (SSSR count). The van der Waals surface area contributed by atoms with Gasteiger partial charge >= 0.3 is 5.97 Å². The number of carbonyl (C=O) groups excluding carboxylic acids is 1. The van der Waals surface area contributed by atoms with Gasteiger partial charge < -0.3 is 15.5 Å². The van der Waals surface area contributed by atoms with Crippen LogP contribution in [0.2, 0.25) is 0 Å². The summed E-state index contributed by atoms with van der Waals surface area (Å²) in [5, 5.41) is 19.6. The molecule has 0 aliphatic rings. The molecule has 0 aliphatic carbocycles. The summed E-state index contributed by atoms with van der Waals surface area (Å²) < 4.78 is 0. The standard InChI is InChI=1S/C13H13NO4/c15-9-8-11(13(17)18)14-12(16)7-6-10-4-2-1-3-5-10/h1-5,11,15H,8-9H2,(H,14,16)(H,17,18). The van der Waals surface area contributed by atoms with Crippen LogP contribution in [-0.4, -0.2) is 34.7 Å². The SMILES string of the molecule is O=C(C#Cc1ccccc1)NC(CCO)C(=O)O. The number of carboxylic acid groups (broad SMARTS) is 1. The number of carbonyl (C=O) groups is 2. The lowest BCUT2D eigenvalue weighted by Crippen LogP contribution is -2.40. The summed E-state index contributed by atoms with van der Waals surface area (Å²) in [6.07, 6.45) is -0.0475. The zero-order valence-electron chi connectivity index (χ0n) is 9.59. The zero-order chi connectivity index (χ0) is 13.4. The van der Waals surface area contributed by atoms with E-state index in [0.717, 1.165) is 0 Å². The number of aliphatic hydroxyl groups excluding tert-OH is 1. The second kappa shape index (κ2) is 7.09. The molecule has 94 valence electrons. The van der Waals surface area contributed by atoms with Gasteiger partial charge in [-0.15, -0.1) is 0 Å². The molecule has 0 aliphatic heterocycles. The van der Waals surface area contributed by atoms with E-state index in [9.17, 15) is 9.59 Å². The number of amides is 1. The lowest BCUT2D eigenvalue weighted by atomic mass is 10.2. The van der Waals surface area contributed by atoms with Crippen LogP contribution in [0.5, 0.6) is 0 Å². The highest BCUT2D eigenvalue weighted by Crippen LogP contribution is 1.95. The van der Waals surface area contributed by atoms with Crippen LogP contribution in [0.15, 0.2) is 30.3 Å². The predicted octanol–water partition coefficient (Wildman–Crippen LogP) is -0.0101. The smallest absolute Gasteiger partial charge is 0.326 e. The average Bonchev–Trinajstić information content (AvgIpc) is 2.37. The minimum absolute atomic E-state index is 0.0475. The molecule has 1 amide bonds. The Bertz CT molecular complexity index is 473. The minimum Gasteiger partial charge on any atom is -0.480 e. The summed E-state index contributed by atoms with van der Waals surface area (Å²) in [7, 11) is 0. The van der Waals surface area contributed by atoms with Crippen LogP contribution < -0.4 is 5.32 Å². The maximum atomic E-state index is 11.4. The van der Waals surface area contributed by atoms with Gasteiger partial charge in [0.05, 0.1) is 0 Å². The molecular formula is C13H13NO4. The van der Waals surface area contributed by atoms with E-state index < -0.39 is 17.9 Å². The Morgan fingerprint density at radius 1 is 1.28 bits per heavy atom. The van der Waals surface area contributed by atoms with Gasteiger partial charge in [-0.2, -0.15) is 0 Å². The molecule has 5 nitrogen and oxygen atoms in total. The summed E-state index contributed by atoms with van der Waals surface area (Å²) in [6, 6.07) is 7.76. The molecule has 1 aromatic carbocycles. The van der Waals surface area contributed by atoms with Crippen molar-refractivity contribution < 1.29 is 19.8 Å². The first kappa shape index (κ1) is 13.7. The van der Waals surface area contributed by atoms with E-state index in [1.165, 1.54) is 0 Å². The molecule has 0 fully saturated rings. The van der Waals surface area contributed by atoms with E-state index >= 15 is 0 Å². The topological polar surface area (TPSA) is 86.6 Å². The Morgan fingerprint density at radius 2 is 1.94 bits per heavy atom. The second-order valence-electron chi connectivity index (χ2n) is 3.49. The summed E-state index contributed by atoms with van der Waals surface area (Å²) in [6.45, 7) is -0.316. The van der Waals surface area contributed by atoms with Crippen LogP contribution >= 0.6 is 0 Å². The predicted molar refractivity (Wildman–Crippen MR) is 64.6 cm³/mol. The summed E-state index contributed by atoms with van der Waals surface area (Å²) in [5.74, 6) is 3.03. The van der Waals surface area contributed by atoms with Crippen molar-refractivity contribution in [3.63, 3.8) is 0 Å². The highest BCUT2D eigenvalue weighted by Gasteiger charge is 2.17. The van der Waals surface area contributed by atoms with Crippen molar-refractivity contribution >= 4 is 11.9 Å². The summed E-state index contributed by atoms with van der Waals surface area (Å²) in [4.78, 5) is 22.1. The van der Waals surface area contributed by atoms with Crippen molar-refractivity contribution in [3.8, 4) is 11.8 Å². The fourth-order valence-corrected chi connectivity index (χ4v) is 1.23. The van der Waals surface area contributed by atoms with Gasteiger partial charge in [-0.05, 0) is 12.1 Å². The highest BCUT2D eigenvalue weighted by atomic mass is 16.4. The number of carboxylic acids is 1. The molecule has 5 heteroatoms. The Labute approximate surface area is 104 Å². The average molecular weight is 247 g/mol. The molecular weight excluding hydrogens is 234 g/mol. The van der Waals surface area contributed by atoms with Gasteiger partial charge in [0.1, 0.15) is 6.04 Å². The molecule has 1 unspecified atom stereocenters. The molecule has 0 bridgehead atoms. The van der Waals surface area contributed by atoms with E-state index in [4.69, 9.17) is 10.2 Å². The third-order valence-corrected chi connectivity index (χ3v) is 2.12. The zero-order valence-corrected chi connectivity index (χ0v) is 9.59. The summed E-state index contributed by atoms with van der Waals surface area (Å²) in [5.41, 5.74) is 0.668. The van der Waals surface area contributed by atoms with Gasteiger partial charge in [-0.25, -0.2) is 4.79 Å². The van der Waals surface area contributed by atoms with E-state index in [1.54, 1.807) is 24.3 Å². The molecule has 0 spiro atoms. The van der Waals surface area contributed by atoms with E-state index in [1.807, 2.05) is 6.07 Å². The lowest BCUT2D eigenvalue weighted by molar-refractivity contribution is -0.141. The molecule has 1 aromatic rings. The summed E-state index contributed by atoms with van der Waals surface area (Å²) >= 11 is 0. The quantitative estimate of drug-likeness (QED) is 0.653. The van der Waals surface area contributed by atoms with Crippen LogP contribution in [0.1, 0.15) is 12.0 Å². The van der Waals surface area contributed by atoms with Gasteiger partial charge in [-0.1, -0.05) is 24.1 Å². The van der Waals surface area contributed by atoms with Gasteiger partial charge in [0, 0.05) is 24.5 Å². The van der Waals surface area contributed by atoms with Gasteiger partial charge in [0.2, 0.25) is 0 Å². The van der Waals surface area contributed by atoms with Gasteiger partial charge in [-0.3, -0.25) is 4.79 Å². The monoisotopic (exact) mass is 247 g/mol. The first-order chi connectivity index (χ1) is 8.63. The van der Waals surface area contributed by atoms with Crippen molar-refractivity contribution in [2.75, 3.05) is 6.61 Å². The molecule has 0 heterocycles. The first-order valence-corrected chi connectivity index (χ1v) is 5.34. The van der Waals surface area contributed by atoms with Gasteiger partial charge in [0.25, 0.3) is 5.91 Å². The van der Waals surface area contributed by atoms with Crippen LogP contribution in [-0.2, 0) is 9.59 Å². The van der Waals surface area contributed by atoms with E-state index in [2.05, 4.69) is 17.2 Å². The van der Waals surface area contributed by atoms with Crippen molar-refractivity contribution in [1.29, 1.82) is 0 Å². The third-order valence-electron chi connectivity index (χ3n) is 2.12. The number of aliphatic carboxylic acids is 1. The van der Waals surface area contributed by atoms with Gasteiger partial charge in [0.15, 0.2) is 0 Å². The third kappa shape index (κ3) is 4.68. The largest absolute Gasteiger partial charge is 0.480 e. The molecule has 0 aromatic heterocycles. The van der Waals surface area contributed by atoms with E-state index in [-0.39, 0.29) is 13.0 Å². The normalized spacial score (nSPS) is 10.9. The fourth-order valence-electron chi connectivity index (χ4n) is 1.23. The number of hydrogen-bond acceptors (Lipinski definition) is 3. The number of aliphatic hydroxyl groups is 1. The Balaban J connectivity index is 2.61. The van der Waals surface area contributed by atoms with Crippen LogP contribution in [0.4, 0.5) is 0 Å². The fraction of sp³-hybridized carbons (Fsp3) is 0.231. The molecule has 0 saturated heterocycles. The number of hydrogen-bond donors (Lipinski definition) is 3. The lowest BCUT2D eigenvalue weighted by Gasteiger charge is -2.10. The Kier molecular flexibility index (Phi) is 5.42. The Morgan fingerprint density at radius 3 is 2.50 bits per heavy atom. The molecule has 18 heavy (non-hydrogen) atoms. The molecule has 0 radical (unpaired) electrons. The van der Waals surface area contributed by atoms with Crippen molar-refractivity contribution in [2.24, 2.45) is 0 Å². The highest BCUT2D eigenvalue weighted by molar-refractivity contribution is 5.96. The maximum absolute atomic E-state index is 11.4. The van der Waals surface area contributed by atoms with Crippen LogP contribution in [0.3, 0.4) is 0 Å². The van der Waals surface area contributed by atoms with Crippen molar-refractivity contribution in [3.05, 3.63) is 35.9 Å². The first-order valence-electron chi connectivity index (χ1n) is 5.34. The Hall–Kier alpha value is -2.32. The number of nitrogens with one attached hydrogen (secondary N) is 1. The van der Waals surface area contributed by atoms with Crippen LogP contribution in [0.25, 0.3) is 0 Å². The van der Waals surface area contributed by atoms with Crippen LogP contribution in [0, 0.1) is 11.8 Å². The minimum atomic E-state index is -1.20. The van der Waals surface area contributed by atoms with Crippen molar-refractivity contribution in [2.45, 2.75) is 12.5 Å². The van der Waals surface area contributed by atoms with E-state index in [0.29, 0.717) is 5.56 Å². The number of rotatable bonds is 4. The maximum Gasteiger partial charge on any atom is 0.326 e.